The molecule has 13 nitrogen and oxygen atoms in total. The molecule has 0 heterocycles. The van der Waals surface area contributed by atoms with Crippen molar-refractivity contribution < 1.29 is 44.4 Å². The van der Waals surface area contributed by atoms with Gasteiger partial charge in [-0.25, -0.2) is 4.79 Å². The lowest BCUT2D eigenvalue weighted by atomic mass is 9.97. The molecule has 0 aliphatic heterocycles. The van der Waals surface area contributed by atoms with Crippen molar-refractivity contribution in [3.63, 3.8) is 0 Å². The van der Waals surface area contributed by atoms with Gasteiger partial charge in [0.25, 0.3) is 0 Å². The summed E-state index contributed by atoms with van der Waals surface area (Å²) < 4.78 is 0. The SMILES string of the molecule is CCC(C)C(NC(=O)C(N)C(C)O)C(=O)NC(CC(=O)O)C(=O)NC(CO)C(=O)O. The molecule has 0 saturated heterocycles. The van der Waals surface area contributed by atoms with Crippen LogP contribution < -0.4 is 21.7 Å². The second-order valence-corrected chi connectivity index (χ2v) is 6.88. The lowest BCUT2D eigenvalue weighted by Crippen LogP contribution is -2.60. The van der Waals surface area contributed by atoms with Crippen molar-refractivity contribution in [3.05, 3.63) is 0 Å². The minimum atomic E-state index is -1.69. The third-order valence-corrected chi connectivity index (χ3v) is 4.42. The fourth-order valence-electron chi connectivity index (χ4n) is 2.27. The molecule has 30 heavy (non-hydrogen) atoms. The molecule has 0 aliphatic carbocycles. The fraction of sp³-hybridized carbons (Fsp3) is 0.706. The number of aliphatic carboxylic acids is 2. The lowest BCUT2D eigenvalue weighted by Gasteiger charge is -2.27. The first-order chi connectivity index (χ1) is 13.8. The van der Waals surface area contributed by atoms with Crippen molar-refractivity contribution in [2.24, 2.45) is 11.7 Å². The molecule has 6 atom stereocenters. The Labute approximate surface area is 173 Å². The van der Waals surface area contributed by atoms with Gasteiger partial charge in [0.05, 0.1) is 19.1 Å². The first-order valence-electron chi connectivity index (χ1n) is 9.25. The third-order valence-electron chi connectivity index (χ3n) is 4.42. The smallest absolute Gasteiger partial charge is 0.328 e. The molecule has 3 amide bonds. The van der Waals surface area contributed by atoms with Crippen LogP contribution in [0.15, 0.2) is 0 Å². The van der Waals surface area contributed by atoms with Crippen molar-refractivity contribution in [1.29, 1.82) is 0 Å². The van der Waals surface area contributed by atoms with Gasteiger partial charge in [0.15, 0.2) is 0 Å². The number of carbonyl (C=O) groups excluding carboxylic acids is 3. The average Bonchev–Trinajstić information content (AvgIpc) is 2.66. The highest BCUT2D eigenvalue weighted by Crippen LogP contribution is 2.10. The second-order valence-electron chi connectivity index (χ2n) is 6.88. The molecule has 0 spiro atoms. The van der Waals surface area contributed by atoms with Crippen molar-refractivity contribution in [1.82, 2.24) is 16.0 Å². The summed E-state index contributed by atoms with van der Waals surface area (Å²) in [5, 5.41) is 42.8. The van der Waals surface area contributed by atoms with Gasteiger partial charge in [-0.15, -0.1) is 0 Å². The number of amides is 3. The molecule has 172 valence electrons. The summed E-state index contributed by atoms with van der Waals surface area (Å²) >= 11 is 0. The highest BCUT2D eigenvalue weighted by Gasteiger charge is 2.33. The van der Waals surface area contributed by atoms with E-state index < -0.39 is 78.9 Å². The van der Waals surface area contributed by atoms with Gasteiger partial charge in [0.2, 0.25) is 17.7 Å². The van der Waals surface area contributed by atoms with Gasteiger partial charge >= 0.3 is 11.9 Å². The van der Waals surface area contributed by atoms with E-state index in [1.807, 2.05) is 5.32 Å². The molecule has 9 N–H and O–H groups in total. The molecule has 0 rings (SSSR count). The summed E-state index contributed by atoms with van der Waals surface area (Å²) in [5.74, 6) is -6.31. The summed E-state index contributed by atoms with van der Waals surface area (Å²) in [7, 11) is 0. The Bertz CT molecular complexity index is 641. The Morgan fingerprint density at radius 2 is 1.43 bits per heavy atom. The minimum Gasteiger partial charge on any atom is -0.481 e. The molecular formula is C17H30N4O9. The number of carboxylic acids is 2. The minimum absolute atomic E-state index is 0.420. The highest BCUT2D eigenvalue weighted by molar-refractivity contribution is 5.95. The topological polar surface area (TPSA) is 228 Å². The van der Waals surface area contributed by atoms with Crippen LogP contribution in [0.25, 0.3) is 0 Å². The number of rotatable bonds is 13. The zero-order valence-electron chi connectivity index (χ0n) is 17.0. The molecule has 0 aromatic heterocycles. The van der Waals surface area contributed by atoms with Crippen LogP contribution in [0.5, 0.6) is 0 Å². The van der Waals surface area contributed by atoms with Gasteiger partial charge in [-0.2, -0.15) is 0 Å². The largest absolute Gasteiger partial charge is 0.481 e. The summed E-state index contributed by atoms with van der Waals surface area (Å²) in [6.07, 6.45) is -1.64. The molecule has 0 aromatic rings. The summed E-state index contributed by atoms with van der Waals surface area (Å²) in [6.45, 7) is 3.69. The first-order valence-corrected chi connectivity index (χ1v) is 9.25. The van der Waals surface area contributed by atoms with Crippen LogP contribution in [0.1, 0.15) is 33.6 Å². The van der Waals surface area contributed by atoms with Crippen LogP contribution in [0, 0.1) is 5.92 Å². The van der Waals surface area contributed by atoms with E-state index in [0.717, 1.165) is 0 Å². The number of hydrogen-bond donors (Lipinski definition) is 8. The van der Waals surface area contributed by atoms with Gasteiger partial charge in [0.1, 0.15) is 24.2 Å². The molecule has 0 aromatic carbocycles. The average molecular weight is 434 g/mol. The molecule has 0 saturated carbocycles. The Hall–Kier alpha value is -2.77. The Morgan fingerprint density at radius 3 is 1.83 bits per heavy atom. The number of nitrogens with one attached hydrogen (secondary N) is 3. The third kappa shape index (κ3) is 8.71. The zero-order chi connectivity index (χ0) is 23.6. The molecule has 6 unspecified atom stereocenters. The van der Waals surface area contributed by atoms with Crippen molar-refractivity contribution >= 4 is 29.7 Å². The van der Waals surface area contributed by atoms with Crippen LogP contribution in [0.3, 0.4) is 0 Å². The number of aliphatic hydroxyl groups excluding tert-OH is 2. The number of carboxylic acid groups (broad SMARTS) is 2. The Morgan fingerprint density at radius 1 is 0.900 bits per heavy atom. The van der Waals surface area contributed by atoms with E-state index in [1.165, 1.54) is 6.92 Å². The number of hydrogen-bond acceptors (Lipinski definition) is 8. The molecular weight excluding hydrogens is 404 g/mol. The predicted molar refractivity (Wildman–Crippen MR) is 102 cm³/mol. The molecule has 0 fully saturated rings. The van der Waals surface area contributed by atoms with E-state index in [1.54, 1.807) is 13.8 Å². The maximum Gasteiger partial charge on any atom is 0.328 e. The van der Waals surface area contributed by atoms with Crippen LogP contribution in [0.2, 0.25) is 0 Å². The Kier molecular flexibility index (Phi) is 11.5. The maximum atomic E-state index is 12.7. The van der Waals surface area contributed by atoms with Crippen molar-refractivity contribution in [2.45, 2.75) is 63.9 Å². The molecule has 13 heteroatoms. The standard InChI is InChI=1S/C17H30N4O9/c1-4-7(2)13(21-15(27)12(18)8(3)23)16(28)19-9(5-11(24)25)14(26)20-10(6-22)17(29)30/h7-10,12-13,22-23H,4-6,18H2,1-3H3,(H,19,28)(H,20,26)(H,21,27)(H,24,25)(H,29,30). The van der Waals surface area contributed by atoms with Gasteiger partial charge in [-0.3, -0.25) is 19.2 Å². The number of carbonyl (C=O) groups is 5. The van der Waals surface area contributed by atoms with Crippen LogP contribution in [-0.2, 0) is 24.0 Å². The second kappa shape index (κ2) is 12.7. The van der Waals surface area contributed by atoms with E-state index in [9.17, 15) is 29.1 Å². The summed E-state index contributed by atoms with van der Waals surface area (Å²) in [6, 6.07) is -5.88. The zero-order valence-corrected chi connectivity index (χ0v) is 17.0. The lowest BCUT2D eigenvalue weighted by molar-refractivity contribution is -0.144. The van der Waals surface area contributed by atoms with Crippen molar-refractivity contribution in [3.8, 4) is 0 Å². The first kappa shape index (κ1) is 27.2. The number of nitrogens with two attached hydrogens (primary N) is 1. The van der Waals surface area contributed by atoms with Crippen LogP contribution in [0.4, 0.5) is 0 Å². The Balaban J connectivity index is 5.51. The van der Waals surface area contributed by atoms with Crippen molar-refractivity contribution in [2.75, 3.05) is 6.61 Å². The van der Waals surface area contributed by atoms with Crippen LogP contribution >= 0.6 is 0 Å². The maximum absolute atomic E-state index is 12.7. The highest BCUT2D eigenvalue weighted by atomic mass is 16.4. The van der Waals surface area contributed by atoms with Gasteiger partial charge in [-0.05, 0) is 12.8 Å². The summed E-state index contributed by atoms with van der Waals surface area (Å²) in [4.78, 5) is 59.1. The molecule has 0 radical (unpaired) electrons. The van der Waals surface area contributed by atoms with E-state index in [4.69, 9.17) is 21.1 Å². The van der Waals surface area contributed by atoms with E-state index >= 15 is 0 Å². The normalized spacial score (nSPS) is 16.9. The fourth-order valence-corrected chi connectivity index (χ4v) is 2.27. The summed E-state index contributed by atoms with van der Waals surface area (Å²) in [5.41, 5.74) is 5.55. The van der Waals surface area contributed by atoms with Gasteiger partial charge in [0, 0.05) is 0 Å². The predicted octanol–water partition coefficient (Wildman–Crippen LogP) is -3.25. The van der Waals surface area contributed by atoms with E-state index in [0.29, 0.717) is 6.42 Å². The monoisotopic (exact) mass is 434 g/mol. The molecule has 0 bridgehead atoms. The van der Waals surface area contributed by atoms with Crippen LogP contribution in [-0.4, -0.2) is 87.0 Å². The quantitative estimate of drug-likeness (QED) is 0.144. The van der Waals surface area contributed by atoms with Gasteiger partial charge < -0.3 is 42.1 Å². The molecule has 0 aliphatic rings. The van der Waals surface area contributed by atoms with E-state index in [2.05, 4.69) is 10.6 Å². The number of aliphatic hydroxyl groups is 2. The van der Waals surface area contributed by atoms with Gasteiger partial charge in [-0.1, -0.05) is 20.3 Å². The van der Waals surface area contributed by atoms with E-state index in [-0.39, 0.29) is 0 Å².